The molecule has 1 saturated carbocycles. The standard InChI is InChI=1S/C19H21N5O2/c1-26-11-9-21-17-18-22-12-16(24(18)10-8-20-17)13-2-4-14(5-3-13)19(25)23-15-6-7-15/h2-5,8,10,12,15H,6-7,9,11H2,1H3,(H,20,21)(H,23,25). The molecule has 0 aliphatic heterocycles. The number of amides is 1. The van der Waals surface area contributed by atoms with Crippen molar-refractivity contribution in [3.05, 3.63) is 48.4 Å². The molecule has 0 saturated heterocycles. The van der Waals surface area contributed by atoms with E-state index in [0.717, 1.165) is 35.6 Å². The zero-order valence-corrected chi connectivity index (χ0v) is 14.6. The van der Waals surface area contributed by atoms with Gasteiger partial charge in [-0.1, -0.05) is 12.1 Å². The molecule has 3 aromatic rings. The lowest BCUT2D eigenvalue weighted by Crippen LogP contribution is -2.25. The monoisotopic (exact) mass is 351 g/mol. The second-order valence-corrected chi connectivity index (χ2v) is 6.36. The van der Waals surface area contributed by atoms with Crippen LogP contribution in [0.15, 0.2) is 42.9 Å². The lowest BCUT2D eigenvalue weighted by molar-refractivity contribution is 0.0951. The number of hydrogen-bond acceptors (Lipinski definition) is 5. The predicted molar refractivity (Wildman–Crippen MR) is 99.3 cm³/mol. The first-order valence-electron chi connectivity index (χ1n) is 8.72. The highest BCUT2D eigenvalue weighted by Crippen LogP contribution is 2.24. The molecule has 7 nitrogen and oxygen atoms in total. The van der Waals surface area contributed by atoms with Gasteiger partial charge in [0.2, 0.25) is 0 Å². The van der Waals surface area contributed by atoms with Crippen LogP contribution < -0.4 is 10.6 Å². The Labute approximate surface area is 151 Å². The molecule has 0 unspecified atom stereocenters. The largest absolute Gasteiger partial charge is 0.383 e. The smallest absolute Gasteiger partial charge is 0.251 e. The number of carbonyl (C=O) groups excluding carboxylic acids is 1. The lowest BCUT2D eigenvalue weighted by atomic mass is 10.1. The molecule has 2 N–H and O–H groups in total. The number of rotatable bonds is 7. The van der Waals surface area contributed by atoms with E-state index in [1.54, 1.807) is 13.3 Å². The average molecular weight is 351 g/mol. The number of hydrogen-bond donors (Lipinski definition) is 2. The third-order valence-corrected chi connectivity index (χ3v) is 4.38. The van der Waals surface area contributed by atoms with E-state index in [0.29, 0.717) is 24.8 Å². The second kappa shape index (κ2) is 7.13. The van der Waals surface area contributed by atoms with Crippen LogP contribution in [0, 0.1) is 0 Å². The van der Waals surface area contributed by atoms with Crippen LogP contribution in [-0.4, -0.2) is 46.6 Å². The highest BCUT2D eigenvalue weighted by molar-refractivity contribution is 5.95. The molecular weight excluding hydrogens is 330 g/mol. The number of fused-ring (bicyclic) bond motifs is 1. The van der Waals surface area contributed by atoms with Gasteiger partial charge >= 0.3 is 0 Å². The minimum absolute atomic E-state index is 0.00831. The van der Waals surface area contributed by atoms with E-state index >= 15 is 0 Å². The van der Waals surface area contributed by atoms with Gasteiger partial charge in [-0.05, 0) is 25.0 Å². The molecule has 2 heterocycles. The summed E-state index contributed by atoms with van der Waals surface area (Å²) in [5.41, 5.74) is 3.38. The van der Waals surface area contributed by atoms with Crippen LogP contribution in [-0.2, 0) is 4.74 Å². The van der Waals surface area contributed by atoms with Crippen molar-refractivity contribution in [2.45, 2.75) is 18.9 Å². The van der Waals surface area contributed by atoms with Gasteiger partial charge in [-0.3, -0.25) is 9.20 Å². The Bertz CT molecular complexity index is 915. The van der Waals surface area contributed by atoms with Gasteiger partial charge in [0.1, 0.15) is 0 Å². The summed E-state index contributed by atoms with van der Waals surface area (Å²) in [6.07, 6.45) is 7.61. The summed E-state index contributed by atoms with van der Waals surface area (Å²) in [4.78, 5) is 21.0. The maximum atomic E-state index is 12.1. The van der Waals surface area contributed by atoms with Crippen LogP contribution in [0.25, 0.3) is 16.9 Å². The molecule has 0 bridgehead atoms. The minimum Gasteiger partial charge on any atom is -0.383 e. The van der Waals surface area contributed by atoms with E-state index in [-0.39, 0.29) is 5.91 Å². The third-order valence-electron chi connectivity index (χ3n) is 4.38. The normalized spacial score (nSPS) is 13.7. The number of aromatic nitrogens is 3. The number of nitrogens with zero attached hydrogens (tertiary/aromatic N) is 3. The van der Waals surface area contributed by atoms with E-state index in [2.05, 4.69) is 20.6 Å². The number of imidazole rings is 1. The number of methoxy groups -OCH3 is 1. The van der Waals surface area contributed by atoms with Crippen molar-refractivity contribution >= 4 is 17.4 Å². The van der Waals surface area contributed by atoms with Crippen LogP contribution in [0.2, 0.25) is 0 Å². The summed E-state index contributed by atoms with van der Waals surface area (Å²) in [6, 6.07) is 7.96. The van der Waals surface area contributed by atoms with Gasteiger partial charge in [-0.25, -0.2) is 9.97 Å². The predicted octanol–water partition coefficient (Wildman–Crippen LogP) is 2.35. The first-order valence-corrected chi connectivity index (χ1v) is 8.72. The summed E-state index contributed by atoms with van der Waals surface area (Å²) in [5, 5.41) is 6.23. The first kappa shape index (κ1) is 16.5. The van der Waals surface area contributed by atoms with E-state index in [1.807, 2.05) is 41.1 Å². The van der Waals surface area contributed by atoms with Gasteiger partial charge in [-0.15, -0.1) is 0 Å². The van der Waals surface area contributed by atoms with Crippen LogP contribution in [0.5, 0.6) is 0 Å². The number of nitrogens with one attached hydrogen (secondary N) is 2. The molecule has 0 radical (unpaired) electrons. The van der Waals surface area contributed by atoms with E-state index in [1.165, 1.54) is 0 Å². The van der Waals surface area contributed by atoms with Crippen molar-refractivity contribution in [3.8, 4) is 11.3 Å². The highest BCUT2D eigenvalue weighted by atomic mass is 16.5. The van der Waals surface area contributed by atoms with Crippen molar-refractivity contribution < 1.29 is 9.53 Å². The molecule has 0 atom stereocenters. The SMILES string of the molecule is COCCNc1nccn2c(-c3ccc(C(=O)NC4CC4)cc3)cnc12. The van der Waals surface area contributed by atoms with Gasteiger partial charge in [0.15, 0.2) is 11.5 Å². The Morgan fingerprint density at radius 3 is 2.81 bits per heavy atom. The third kappa shape index (κ3) is 3.39. The van der Waals surface area contributed by atoms with Gasteiger partial charge in [0.05, 0.1) is 18.5 Å². The Hall–Kier alpha value is -2.93. The van der Waals surface area contributed by atoms with E-state index < -0.39 is 0 Å². The fourth-order valence-electron chi connectivity index (χ4n) is 2.82. The molecule has 1 fully saturated rings. The zero-order chi connectivity index (χ0) is 17.9. The molecular formula is C19H21N5O2. The zero-order valence-electron chi connectivity index (χ0n) is 14.6. The molecule has 7 heteroatoms. The summed E-state index contributed by atoms with van der Waals surface area (Å²) < 4.78 is 7.05. The lowest BCUT2D eigenvalue weighted by Gasteiger charge is -2.08. The maximum absolute atomic E-state index is 12.1. The summed E-state index contributed by atoms with van der Waals surface area (Å²) in [5.74, 6) is 0.710. The number of ether oxygens (including phenoxy) is 1. The van der Waals surface area contributed by atoms with E-state index in [9.17, 15) is 4.79 Å². The number of anilines is 1. The molecule has 26 heavy (non-hydrogen) atoms. The van der Waals surface area contributed by atoms with Crippen molar-refractivity contribution in [3.63, 3.8) is 0 Å². The molecule has 134 valence electrons. The van der Waals surface area contributed by atoms with Gasteiger partial charge < -0.3 is 15.4 Å². The van der Waals surface area contributed by atoms with Crippen molar-refractivity contribution in [2.24, 2.45) is 0 Å². The topological polar surface area (TPSA) is 80.5 Å². The van der Waals surface area contributed by atoms with Gasteiger partial charge in [0, 0.05) is 43.2 Å². The molecule has 1 amide bonds. The van der Waals surface area contributed by atoms with Crippen LogP contribution in [0.4, 0.5) is 5.82 Å². The quantitative estimate of drug-likeness (QED) is 0.639. The highest BCUT2D eigenvalue weighted by Gasteiger charge is 2.23. The van der Waals surface area contributed by atoms with Gasteiger partial charge in [-0.2, -0.15) is 0 Å². The summed E-state index contributed by atoms with van der Waals surface area (Å²) >= 11 is 0. The van der Waals surface area contributed by atoms with Crippen LogP contribution in [0.1, 0.15) is 23.2 Å². The average Bonchev–Trinajstić information content (AvgIpc) is 3.37. The Kier molecular flexibility index (Phi) is 4.53. The van der Waals surface area contributed by atoms with Gasteiger partial charge in [0.25, 0.3) is 5.91 Å². The maximum Gasteiger partial charge on any atom is 0.251 e. The molecule has 1 aliphatic carbocycles. The Morgan fingerprint density at radius 2 is 2.08 bits per heavy atom. The number of benzene rings is 1. The number of carbonyl (C=O) groups is 1. The van der Waals surface area contributed by atoms with Crippen molar-refractivity contribution in [1.82, 2.24) is 19.7 Å². The molecule has 2 aromatic heterocycles. The Morgan fingerprint density at radius 1 is 1.27 bits per heavy atom. The summed E-state index contributed by atoms with van der Waals surface area (Å²) in [6.45, 7) is 1.26. The fourth-order valence-corrected chi connectivity index (χ4v) is 2.82. The minimum atomic E-state index is -0.00831. The molecule has 0 spiro atoms. The van der Waals surface area contributed by atoms with Crippen molar-refractivity contribution in [2.75, 3.05) is 25.6 Å². The van der Waals surface area contributed by atoms with E-state index in [4.69, 9.17) is 4.74 Å². The molecule has 1 aliphatic rings. The van der Waals surface area contributed by atoms with Crippen molar-refractivity contribution in [1.29, 1.82) is 0 Å². The Balaban J connectivity index is 1.58. The first-order chi connectivity index (χ1) is 12.8. The second-order valence-electron chi connectivity index (χ2n) is 6.36. The molecule has 1 aromatic carbocycles. The summed E-state index contributed by atoms with van der Waals surface area (Å²) in [7, 11) is 1.66. The van der Waals surface area contributed by atoms with Crippen LogP contribution >= 0.6 is 0 Å². The fraction of sp³-hybridized carbons (Fsp3) is 0.316. The molecule has 4 rings (SSSR count). The van der Waals surface area contributed by atoms with Crippen LogP contribution in [0.3, 0.4) is 0 Å².